The third kappa shape index (κ3) is 2.93. The molecule has 2 aliphatic rings. The highest BCUT2D eigenvalue weighted by Crippen LogP contribution is 2.37. The summed E-state index contributed by atoms with van der Waals surface area (Å²) in [6, 6.07) is 4.64. The van der Waals surface area contributed by atoms with Crippen LogP contribution in [0.15, 0.2) is 18.3 Å². The second-order valence-corrected chi connectivity index (χ2v) is 8.64. The normalized spacial score (nSPS) is 22.9. The number of aromatic nitrogens is 2. The predicted molar refractivity (Wildman–Crippen MR) is 104 cm³/mol. The lowest BCUT2D eigenvalue weighted by atomic mass is 9.78. The summed E-state index contributed by atoms with van der Waals surface area (Å²) in [6.45, 7) is 8.27. The Labute approximate surface area is 156 Å². The van der Waals surface area contributed by atoms with Gasteiger partial charge in [0.25, 0.3) is 0 Å². The molecule has 5 nitrogen and oxygen atoms in total. The molecule has 26 heavy (non-hydrogen) atoms. The fourth-order valence-corrected chi connectivity index (χ4v) is 3.95. The molecule has 1 aromatic heterocycles. The van der Waals surface area contributed by atoms with Crippen LogP contribution in [-0.4, -0.2) is 35.2 Å². The maximum Gasteiger partial charge on any atom is 0.498 e. The SMILES string of the molecule is COc1cc2nn(C3CCCCC3)cc2cc1B1OC(C)(C)C(C)(C)O1. The number of fused-ring (bicyclic) bond motifs is 1. The van der Waals surface area contributed by atoms with Crippen molar-refractivity contribution in [2.24, 2.45) is 0 Å². The summed E-state index contributed by atoms with van der Waals surface area (Å²) in [4.78, 5) is 0. The third-order valence-electron chi connectivity index (χ3n) is 6.33. The molecule has 0 unspecified atom stereocenters. The summed E-state index contributed by atoms with van der Waals surface area (Å²) in [5, 5.41) is 5.94. The first kappa shape index (κ1) is 17.9. The van der Waals surface area contributed by atoms with Crippen LogP contribution < -0.4 is 10.2 Å². The zero-order valence-corrected chi connectivity index (χ0v) is 16.5. The van der Waals surface area contributed by atoms with E-state index in [1.54, 1.807) is 7.11 Å². The lowest BCUT2D eigenvalue weighted by molar-refractivity contribution is 0.00578. The second kappa shape index (κ2) is 6.27. The summed E-state index contributed by atoms with van der Waals surface area (Å²) in [5.74, 6) is 0.768. The first-order chi connectivity index (χ1) is 12.3. The van der Waals surface area contributed by atoms with E-state index in [9.17, 15) is 0 Å². The van der Waals surface area contributed by atoms with Gasteiger partial charge in [0.1, 0.15) is 5.75 Å². The van der Waals surface area contributed by atoms with Crippen molar-refractivity contribution < 1.29 is 14.0 Å². The Morgan fingerprint density at radius 2 is 1.73 bits per heavy atom. The number of methoxy groups -OCH3 is 1. The molecule has 2 fully saturated rings. The standard InChI is InChI=1S/C20H29BN2O3/c1-19(2)20(3,4)26-21(25-19)16-11-14-13-23(15-9-7-6-8-10-15)22-17(14)12-18(16)24-5/h11-13,15H,6-10H2,1-5H3. The molecule has 0 atom stereocenters. The van der Waals surface area contributed by atoms with Gasteiger partial charge in [-0.25, -0.2) is 0 Å². The van der Waals surface area contributed by atoms with Crippen molar-refractivity contribution in [1.29, 1.82) is 0 Å². The topological polar surface area (TPSA) is 45.5 Å². The fraction of sp³-hybridized carbons (Fsp3) is 0.650. The van der Waals surface area contributed by atoms with Crippen LogP contribution in [0, 0.1) is 0 Å². The Kier molecular flexibility index (Phi) is 4.31. The van der Waals surface area contributed by atoms with Crippen LogP contribution in [0.4, 0.5) is 0 Å². The predicted octanol–water partition coefficient (Wildman–Crippen LogP) is 3.85. The van der Waals surface area contributed by atoms with E-state index in [0.29, 0.717) is 6.04 Å². The summed E-state index contributed by atoms with van der Waals surface area (Å²) in [5.41, 5.74) is 1.16. The van der Waals surface area contributed by atoms with Gasteiger partial charge in [0, 0.05) is 23.1 Å². The van der Waals surface area contributed by atoms with E-state index in [0.717, 1.165) is 22.1 Å². The molecule has 4 rings (SSSR count). The van der Waals surface area contributed by atoms with Crippen LogP contribution in [0.1, 0.15) is 65.8 Å². The highest BCUT2D eigenvalue weighted by atomic mass is 16.7. The molecule has 1 saturated heterocycles. The van der Waals surface area contributed by atoms with E-state index in [1.165, 1.54) is 32.1 Å². The van der Waals surface area contributed by atoms with Gasteiger partial charge in [-0.1, -0.05) is 19.3 Å². The molecule has 2 heterocycles. The largest absolute Gasteiger partial charge is 0.498 e. The van der Waals surface area contributed by atoms with E-state index in [4.69, 9.17) is 19.1 Å². The second-order valence-electron chi connectivity index (χ2n) is 8.64. The monoisotopic (exact) mass is 356 g/mol. The number of benzene rings is 1. The highest BCUT2D eigenvalue weighted by Gasteiger charge is 2.52. The Morgan fingerprint density at radius 1 is 1.08 bits per heavy atom. The van der Waals surface area contributed by atoms with Crippen LogP contribution in [0.5, 0.6) is 5.75 Å². The summed E-state index contributed by atoms with van der Waals surface area (Å²) < 4.78 is 20.3. The molecule has 0 amide bonds. The van der Waals surface area contributed by atoms with E-state index in [1.807, 2.05) is 6.07 Å². The number of rotatable bonds is 3. The summed E-state index contributed by atoms with van der Waals surface area (Å²) in [7, 11) is 1.26. The third-order valence-corrected chi connectivity index (χ3v) is 6.33. The van der Waals surface area contributed by atoms with E-state index in [2.05, 4.69) is 44.6 Å². The zero-order chi connectivity index (χ0) is 18.5. The van der Waals surface area contributed by atoms with Crippen molar-refractivity contribution in [3.63, 3.8) is 0 Å². The minimum Gasteiger partial charge on any atom is -0.497 e. The van der Waals surface area contributed by atoms with Crippen LogP contribution in [0.3, 0.4) is 0 Å². The Morgan fingerprint density at radius 3 is 2.35 bits per heavy atom. The van der Waals surface area contributed by atoms with Crippen LogP contribution in [-0.2, 0) is 9.31 Å². The molecule has 1 saturated carbocycles. The first-order valence-corrected chi connectivity index (χ1v) is 9.73. The summed E-state index contributed by atoms with van der Waals surface area (Å²) >= 11 is 0. The Bertz CT molecular complexity index is 793. The molecular weight excluding hydrogens is 327 g/mol. The number of hydrogen-bond acceptors (Lipinski definition) is 4. The van der Waals surface area contributed by atoms with Gasteiger partial charge in [0.15, 0.2) is 0 Å². The molecule has 6 heteroatoms. The van der Waals surface area contributed by atoms with Crippen LogP contribution in [0.2, 0.25) is 0 Å². The van der Waals surface area contributed by atoms with Crippen molar-refractivity contribution in [3.8, 4) is 5.75 Å². The number of nitrogens with zero attached hydrogens (tertiary/aromatic N) is 2. The van der Waals surface area contributed by atoms with E-state index in [-0.39, 0.29) is 11.2 Å². The average Bonchev–Trinajstić information content (AvgIpc) is 3.11. The smallest absolute Gasteiger partial charge is 0.497 e. The van der Waals surface area contributed by atoms with Gasteiger partial charge in [0.05, 0.1) is 29.9 Å². The van der Waals surface area contributed by atoms with Gasteiger partial charge >= 0.3 is 7.12 Å². The highest BCUT2D eigenvalue weighted by molar-refractivity contribution is 6.63. The van der Waals surface area contributed by atoms with Crippen molar-refractivity contribution in [1.82, 2.24) is 9.78 Å². The Hall–Kier alpha value is -1.53. The van der Waals surface area contributed by atoms with Gasteiger partial charge in [-0.05, 0) is 46.6 Å². The van der Waals surface area contributed by atoms with Crippen molar-refractivity contribution >= 4 is 23.5 Å². The van der Waals surface area contributed by atoms with E-state index < -0.39 is 7.12 Å². The quantitative estimate of drug-likeness (QED) is 0.784. The molecule has 0 spiro atoms. The molecule has 0 bridgehead atoms. The summed E-state index contributed by atoms with van der Waals surface area (Å²) in [6.07, 6.45) is 8.54. The lowest BCUT2D eigenvalue weighted by Gasteiger charge is -2.32. The molecule has 2 aromatic rings. The zero-order valence-electron chi connectivity index (χ0n) is 16.5. The molecule has 1 aliphatic heterocycles. The maximum absolute atomic E-state index is 6.24. The van der Waals surface area contributed by atoms with Crippen molar-refractivity contribution in [3.05, 3.63) is 18.3 Å². The lowest BCUT2D eigenvalue weighted by Crippen LogP contribution is -2.41. The van der Waals surface area contributed by atoms with Gasteiger partial charge in [0.2, 0.25) is 0 Å². The molecule has 1 aromatic carbocycles. The van der Waals surface area contributed by atoms with Gasteiger partial charge in [-0.2, -0.15) is 5.10 Å². The first-order valence-electron chi connectivity index (χ1n) is 9.73. The Balaban J connectivity index is 1.71. The van der Waals surface area contributed by atoms with E-state index >= 15 is 0 Å². The molecule has 140 valence electrons. The van der Waals surface area contributed by atoms with Gasteiger partial charge < -0.3 is 14.0 Å². The average molecular weight is 356 g/mol. The minimum atomic E-state index is -0.433. The van der Waals surface area contributed by atoms with Crippen LogP contribution in [0.25, 0.3) is 10.9 Å². The molecule has 0 radical (unpaired) electrons. The molecule has 1 aliphatic carbocycles. The molecular formula is C20H29BN2O3. The maximum atomic E-state index is 6.24. The van der Waals surface area contributed by atoms with Crippen LogP contribution >= 0.6 is 0 Å². The number of ether oxygens (including phenoxy) is 1. The van der Waals surface area contributed by atoms with Crippen molar-refractivity contribution in [2.75, 3.05) is 7.11 Å². The van der Waals surface area contributed by atoms with Gasteiger partial charge in [-0.3, -0.25) is 4.68 Å². The minimum absolute atomic E-state index is 0.371. The fourth-order valence-electron chi connectivity index (χ4n) is 3.95. The van der Waals surface area contributed by atoms with Crippen molar-refractivity contribution in [2.45, 2.75) is 77.0 Å². The number of hydrogen-bond donors (Lipinski definition) is 0. The van der Waals surface area contributed by atoms with Gasteiger partial charge in [-0.15, -0.1) is 0 Å². The molecule has 0 N–H and O–H groups in total.